The van der Waals surface area contributed by atoms with Gasteiger partial charge in [-0.25, -0.2) is 0 Å². The zero-order valence-electron chi connectivity index (χ0n) is 8.25. The standard InChI is InChI=1S/C12H10ClNO/c1-8-2-4-10(11(13)6-8)9-3-5-12(15)14-7-9/h2-7H,1H3,(H,14,15). The Morgan fingerprint density at radius 3 is 2.60 bits per heavy atom. The summed E-state index contributed by atoms with van der Waals surface area (Å²) in [5, 5.41) is 0.696. The molecule has 1 heterocycles. The number of H-pyrrole nitrogens is 1. The topological polar surface area (TPSA) is 32.9 Å². The Bertz CT molecular complexity index is 525. The van der Waals surface area contributed by atoms with E-state index in [1.807, 2.05) is 25.1 Å². The van der Waals surface area contributed by atoms with Crippen molar-refractivity contribution in [2.45, 2.75) is 6.92 Å². The summed E-state index contributed by atoms with van der Waals surface area (Å²) in [5.74, 6) is 0. The van der Waals surface area contributed by atoms with Crippen molar-refractivity contribution in [2.75, 3.05) is 0 Å². The van der Waals surface area contributed by atoms with Crippen molar-refractivity contribution in [1.82, 2.24) is 4.98 Å². The van der Waals surface area contributed by atoms with Crippen molar-refractivity contribution in [3.63, 3.8) is 0 Å². The lowest BCUT2D eigenvalue weighted by atomic mass is 10.1. The zero-order valence-corrected chi connectivity index (χ0v) is 9.01. The molecule has 15 heavy (non-hydrogen) atoms. The van der Waals surface area contributed by atoms with Gasteiger partial charge in [0.2, 0.25) is 5.56 Å². The third-order valence-electron chi connectivity index (χ3n) is 2.22. The summed E-state index contributed by atoms with van der Waals surface area (Å²) in [6.45, 7) is 1.99. The Labute approximate surface area is 92.5 Å². The molecule has 2 aromatic rings. The predicted octanol–water partition coefficient (Wildman–Crippen LogP) is 3.00. The molecular formula is C12H10ClNO. The van der Waals surface area contributed by atoms with Crippen LogP contribution in [0.25, 0.3) is 11.1 Å². The largest absolute Gasteiger partial charge is 0.328 e. The van der Waals surface area contributed by atoms with Crippen LogP contribution >= 0.6 is 11.6 Å². The Balaban J connectivity index is 2.54. The predicted molar refractivity (Wildman–Crippen MR) is 62.2 cm³/mol. The van der Waals surface area contributed by atoms with Gasteiger partial charge in [0, 0.05) is 22.8 Å². The van der Waals surface area contributed by atoms with Gasteiger partial charge in [-0.05, 0) is 30.2 Å². The minimum absolute atomic E-state index is 0.109. The van der Waals surface area contributed by atoms with Crippen molar-refractivity contribution >= 4 is 11.6 Å². The van der Waals surface area contributed by atoms with Gasteiger partial charge in [-0.15, -0.1) is 0 Å². The summed E-state index contributed by atoms with van der Waals surface area (Å²) >= 11 is 6.11. The molecule has 2 rings (SSSR count). The third kappa shape index (κ3) is 2.10. The minimum Gasteiger partial charge on any atom is -0.328 e. The van der Waals surface area contributed by atoms with Crippen LogP contribution in [0.1, 0.15) is 5.56 Å². The molecule has 0 spiro atoms. The van der Waals surface area contributed by atoms with E-state index in [2.05, 4.69) is 4.98 Å². The van der Waals surface area contributed by atoms with E-state index in [1.54, 1.807) is 12.3 Å². The highest BCUT2D eigenvalue weighted by molar-refractivity contribution is 6.33. The molecule has 3 heteroatoms. The molecule has 0 bridgehead atoms. The van der Waals surface area contributed by atoms with Crippen LogP contribution in [0.2, 0.25) is 5.02 Å². The Kier molecular flexibility index (Phi) is 2.60. The van der Waals surface area contributed by atoms with Crippen LogP contribution in [0, 0.1) is 6.92 Å². The van der Waals surface area contributed by atoms with Crippen LogP contribution in [0.4, 0.5) is 0 Å². The van der Waals surface area contributed by atoms with Gasteiger partial charge in [0.25, 0.3) is 0 Å². The molecule has 0 saturated carbocycles. The highest BCUT2D eigenvalue weighted by Gasteiger charge is 2.02. The maximum atomic E-state index is 10.9. The van der Waals surface area contributed by atoms with Gasteiger partial charge in [-0.3, -0.25) is 4.79 Å². The summed E-state index contributed by atoms with van der Waals surface area (Å²) in [7, 11) is 0. The molecule has 1 aromatic heterocycles. The monoisotopic (exact) mass is 219 g/mol. The Hall–Kier alpha value is -1.54. The van der Waals surface area contributed by atoms with E-state index < -0.39 is 0 Å². The quantitative estimate of drug-likeness (QED) is 0.786. The molecule has 76 valence electrons. The fraction of sp³-hybridized carbons (Fsp3) is 0.0833. The van der Waals surface area contributed by atoms with Crippen molar-refractivity contribution < 1.29 is 0 Å². The van der Waals surface area contributed by atoms with E-state index in [0.29, 0.717) is 5.02 Å². The van der Waals surface area contributed by atoms with E-state index >= 15 is 0 Å². The number of hydrogen-bond acceptors (Lipinski definition) is 1. The molecule has 0 amide bonds. The minimum atomic E-state index is -0.109. The average molecular weight is 220 g/mol. The van der Waals surface area contributed by atoms with E-state index in [9.17, 15) is 4.79 Å². The summed E-state index contributed by atoms with van der Waals surface area (Å²) in [4.78, 5) is 13.5. The SMILES string of the molecule is Cc1ccc(-c2ccc(=O)[nH]c2)c(Cl)c1. The van der Waals surface area contributed by atoms with Crippen molar-refractivity contribution in [3.8, 4) is 11.1 Å². The molecule has 1 aromatic carbocycles. The molecule has 2 nitrogen and oxygen atoms in total. The second-order valence-corrected chi connectivity index (χ2v) is 3.83. The average Bonchev–Trinajstić information content (AvgIpc) is 2.20. The molecule has 0 radical (unpaired) electrons. The molecular weight excluding hydrogens is 210 g/mol. The lowest BCUT2D eigenvalue weighted by molar-refractivity contribution is 1.24. The van der Waals surface area contributed by atoms with Gasteiger partial charge in [0.05, 0.1) is 0 Å². The molecule has 1 N–H and O–H groups in total. The molecule has 0 atom stereocenters. The van der Waals surface area contributed by atoms with Gasteiger partial charge in [0.15, 0.2) is 0 Å². The van der Waals surface area contributed by atoms with Gasteiger partial charge in [-0.1, -0.05) is 23.7 Å². The summed E-state index contributed by atoms with van der Waals surface area (Å²) in [5.41, 5.74) is 2.85. The lowest BCUT2D eigenvalue weighted by Crippen LogP contribution is -2.01. The number of aryl methyl sites for hydroxylation is 1. The van der Waals surface area contributed by atoms with Crippen LogP contribution < -0.4 is 5.56 Å². The zero-order chi connectivity index (χ0) is 10.8. The van der Waals surface area contributed by atoms with Crippen LogP contribution in [0.15, 0.2) is 41.3 Å². The third-order valence-corrected chi connectivity index (χ3v) is 2.53. The molecule has 0 aliphatic carbocycles. The molecule has 0 unspecified atom stereocenters. The number of hydrogen-bond donors (Lipinski definition) is 1. The number of nitrogens with one attached hydrogen (secondary N) is 1. The van der Waals surface area contributed by atoms with Crippen LogP contribution in [0.5, 0.6) is 0 Å². The molecule has 0 fully saturated rings. The first-order valence-corrected chi connectivity index (χ1v) is 5.00. The fourth-order valence-corrected chi connectivity index (χ4v) is 1.78. The normalized spacial score (nSPS) is 10.3. The maximum absolute atomic E-state index is 10.9. The lowest BCUT2D eigenvalue weighted by Gasteiger charge is -2.04. The number of benzene rings is 1. The van der Waals surface area contributed by atoms with E-state index in [4.69, 9.17) is 11.6 Å². The number of aromatic amines is 1. The van der Waals surface area contributed by atoms with Gasteiger partial charge in [0.1, 0.15) is 0 Å². The number of rotatable bonds is 1. The Morgan fingerprint density at radius 2 is 2.00 bits per heavy atom. The number of halogens is 1. The van der Waals surface area contributed by atoms with Crippen LogP contribution in [0.3, 0.4) is 0 Å². The van der Waals surface area contributed by atoms with Crippen molar-refractivity contribution in [3.05, 3.63) is 57.5 Å². The highest BCUT2D eigenvalue weighted by Crippen LogP contribution is 2.27. The van der Waals surface area contributed by atoms with E-state index in [-0.39, 0.29) is 5.56 Å². The van der Waals surface area contributed by atoms with Crippen LogP contribution in [-0.4, -0.2) is 4.98 Å². The Morgan fingerprint density at radius 1 is 1.20 bits per heavy atom. The van der Waals surface area contributed by atoms with Crippen molar-refractivity contribution in [2.24, 2.45) is 0 Å². The summed E-state index contributed by atoms with van der Waals surface area (Å²) in [6.07, 6.45) is 1.67. The number of aromatic nitrogens is 1. The van der Waals surface area contributed by atoms with Gasteiger partial charge >= 0.3 is 0 Å². The second-order valence-electron chi connectivity index (χ2n) is 3.42. The van der Waals surface area contributed by atoms with E-state index in [1.165, 1.54) is 6.07 Å². The first kappa shape index (κ1) is 9.99. The number of pyridine rings is 1. The van der Waals surface area contributed by atoms with Crippen molar-refractivity contribution in [1.29, 1.82) is 0 Å². The molecule has 0 aliphatic rings. The van der Waals surface area contributed by atoms with Crippen LogP contribution in [-0.2, 0) is 0 Å². The maximum Gasteiger partial charge on any atom is 0.247 e. The summed E-state index contributed by atoms with van der Waals surface area (Å²) in [6, 6.07) is 9.10. The molecule has 0 aliphatic heterocycles. The highest BCUT2D eigenvalue weighted by atomic mass is 35.5. The molecule has 0 saturated heterocycles. The van der Waals surface area contributed by atoms with Gasteiger partial charge in [-0.2, -0.15) is 0 Å². The first-order chi connectivity index (χ1) is 7.16. The fourth-order valence-electron chi connectivity index (χ4n) is 1.43. The first-order valence-electron chi connectivity index (χ1n) is 4.62. The van der Waals surface area contributed by atoms with Gasteiger partial charge < -0.3 is 4.98 Å². The smallest absolute Gasteiger partial charge is 0.247 e. The summed E-state index contributed by atoms with van der Waals surface area (Å²) < 4.78 is 0. The second kappa shape index (κ2) is 3.91. The van der Waals surface area contributed by atoms with E-state index in [0.717, 1.165) is 16.7 Å².